The molecular formula is C19H24N2O. The van der Waals surface area contributed by atoms with Crippen molar-refractivity contribution in [3.05, 3.63) is 48.0 Å². The van der Waals surface area contributed by atoms with Gasteiger partial charge >= 0.3 is 0 Å². The van der Waals surface area contributed by atoms with Crippen molar-refractivity contribution in [2.75, 3.05) is 31.6 Å². The summed E-state index contributed by atoms with van der Waals surface area (Å²) in [7, 11) is 1.76. The predicted molar refractivity (Wildman–Crippen MR) is 92.8 cm³/mol. The van der Waals surface area contributed by atoms with Crippen molar-refractivity contribution >= 4 is 5.69 Å². The van der Waals surface area contributed by atoms with Crippen LogP contribution in [0.3, 0.4) is 0 Å². The Balaban J connectivity index is 1.96. The number of rotatable bonds is 3. The average molecular weight is 296 g/mol. The summed E-state index contributed by atoms with van der Waals surface area (Å²) in [6.07, 6.45) is 0. The second-order valence-corrected chi connectivity index (χ2v) is 6.00. The Morgan fingerprint density at radius 3 is 2.73 bits per heavy atom. The number of ether oxygens (including phenoxy) is 1. The maximum atomic E-state index is 5.67. The van der Waals surface area contributed by atoms with Gasteiger partial charge in [-0.15, -0.1) is 0 Å². The lowest BCUT2D eigenvalue weighted by Gasteiger charge is -2.34. The first-order valence-corrected chi connectivity index (χ1v) is 7.91. The molecule has 1 N–H and O–H groups in total. The van der Waals surface area contributed by atoms with E-state index in [1.54, 1.807) is 7.11 Å². The highest BCUT2D eigenvalue weighted by Crippen LogP contribution is 2.34. The molecular weight excluding hydrogens is 272 g/mol. The van der Waals surface area contributed by atoms with Gasteiger partial charge in [-0.2, -0.15) is 0 Å². The number of anilines is 1. The molecule has 2 aromatic carbocycles. The van der Waals surface area contributed by atoms with Crippen LogP contribution in [0.4, 0.5) is 5.69 Å². The van der Waals surface area contributed by atoms with Gasteiger partial charge < -0.3 is 15.0 Å². The molecule has 3 heteroatoms. The molecule has 0 aromatic heterocycles. The fourth-order valence-electron chi connectivity index (χ4n) is 3.15. The first-order valence-electron chi connectivity index (χ1n) is 7.91. The zero-order chi connectivity index (χ0) is 15.5. The van der Waals surface area contributed by atoms with Crippen molar-refractivity contribution < 1.29 is 4.74 Å². The van der Waals surface area contributed by atoms with Crippen LogP contribution in [-0.2, 0) is 0 Å². The fraction of sp³-hybridized carbons (Fsp3) is 0.368. The topological polar surface area (TPSA) is 24.5 Å². The summed E-state index contributed by atoms with van der Waals surface area (Å²) in [6.45, 7) is 7.42. The second kappa shape index (κ2) is 6.41. The van der Waals surface area contributed by atoms with Crippen LogP contribution in [0.2, 0.25) is 0 Å². The lowest BCUT2D eigenvalue weighted by Crippen LogP contribution is -2.49. The van der Waals surface area contributed by atoms with Crippen LogP contribution in [0.1, 0.15) is 12.5 Å². The molecule has 0 bridgehead atoms. The van der Waals surface area contributed by atoms with Gasteiger partial charge in [-0.05, 0) is 42.7 Å². The fourth-order valence-corrected chi connectivity index (χ4v) is 3.15. The molecule has 0 saturated carbocycles. The molecule has 22 heavy (non-hydrogen) atoms. The van der Waals surface area contributed by atoms with E-state index >= 15 is 0 Å². The number of nitrogens with one attached hydrogen (secondary N) is 1. The number of hydrogen-bond acceptors (Lipinski definition) is 3. The van der Waals surface area contributed by atoms with E-state index in [9.17, 15) is 0 Å². The predicted octanol–water partition coefficient (Wildman–Crippen LogP) is 3.47. The van der Waals surface area contributed by atoms with E-state index in [1.165, 1.54) is 22.4 Å². The molecule has 1 heterocycles. The lowest BCUT2D eigenvalue weighted by atomic mass is 10.00. The van der Waals surface area contributed by atoms with E-state index in [1.807, 2.05) is 0 Å². The van der Waals surface area contributed by atoms with Crippen molar-refractivity contribution in [2.45, 2.75) is 19.9 Å². The zero-order valence-electron chi connectivity index (χ0n) is 13.6. The number of methoxy groups -OCH3 is 1. The molecule has 3 rings (SSSR count). The van der Waals surface area contributed by atoms with Crippen molar-refractivity contribution in [2.24, 2.45) is 0 Å². The van der Waals surface area contributed by atoms with Gasteiger partial charge in [-0.1, -0.05) is 30.3 Å². The first-order chi connectivity index (χ1) is 10.7. The summed E-state index contributed by atoms with van der Waals surface area (Å²) in [5.41, 5.74) is 4.95. The molecule has 116 valence electrons. The van der Waals surface area contributed by atoms with Crippen LogP contribution in [0, 0.1) is 6.92 Å². The third kappa shape index (κ3) is 2.95. The normalized spacial score (nSPS) is 18.3. The summed E-state index contributed by atoms with van der Waals surface area (Å²) < 4.78 is 5.67. The molecule has 1 aliphatic heterocycles. The highest BCUT2D eigenvalue weighted by Gasteiger charge is 2.19. The summed E-state index contributed by atoms with van der Waals surface area (Å²) in [5.74, 6) is 0.954. The van der Waals surface area contributed by atoms with Crippen molar-refractivity contribution in [3.8, 4) is 16.9 Å². The van der Waals surface area contributed by atoms with Crippen LogP contribution in [-0.4, -0.2) is 32.8 Å². The quantitative estimate of drug-likeness (QED) is 0.938. The Labute approximate surface area is 132 Å². The van der Waals surface area contributed by atoms with E-state index in [0.29, 0.717) is 6.04 Å². The van der Waals surface area contributed by atoms with Crippen LogP contribution in [0.15, 0.2) is 42.5 Å². The number of nitrogens with zero attached hydrogens (tertiary/aromatic N) is 1. The van der Waals surface area contributed by atoms with Crippen LogP contribution in [0.25, 0.3) is 11.1 Å². The highest BCUT2D eigenvalue weighted by atomic mass is 16.5. The molecule has 3 nitrogen and oxygen atoms in total. The van der Waals surface area contributed by atoms with Gasteiger partial charge in [0.25, 0.3) is 0 Å². The van der Waals surface area contributed by atoms with Gasteiger partial charge in [0.05, 0.1) is 12.8 Å². The average Bonchev–Trinajstić information content (AvgIpc) is 2.55. The highest BCUT2D eigenvalue weighted by molar-refractivity contribution is 5.73. The maximum Gasteiger partial charge on any atom is 0.142 e. The third-order valence-corrected chi connectivity index (χ3v) is 4.35. The standard InChI is InChI=1S/C19H24N2O/c1-14-6-4-5-7-17(14)16-8-9-18(19(12-16)22-3)21-11-10-20-15(2)13-21/h4-9,12,15,20H,10-11,13H2,1-3H3. The van der Waals surface area contributed by atoms with E-state index in [2.05, 4.69) is 66.5 Å². The van der Waals surface area contributed by atoms with Crippen LogP contribution >= 0.6 is 0 Å². The summed E-state index contributed by atoms with van der Waals surface area (Å²) in [5, 5.41) is 3.48. The summed E-state index contributed by atoms with van der Waals surface area (Å²) in [4.78, 5) is 2.40. The van der Waals surface area contributed by atoms with Gasteiger partial charge in [0, 0.05) is 25.7 Å². The molecule has 1 atom stereocenters. The Morgan fingerprint density at radius 2 is 2.00 bits per heavy atom. The molecule has 1 unspecified atom stereocenters. The molecule has 2 aromatic rings. The second-order valence-electron chi connectivity index (χ2n) is 6.00. The van der Waals surface area contributed by atoms with Gasteiger partial charge in [0.2, 0.25) is 0 Å². The monoisotopic (exact) mass is 296 g/mol. The maximum absolute atomic E-state index is 5.67. The number of hydrogen-bond donors (Lipinski definition) is 1. The van der Waals surface area contributed by atoms with E-state index in [0.717, 1.165) is 25.4 Å². The van der Waals surface area contributed by atoms with Gasteiger partial charge in [-0.25, -0.2) is 0 Å². The molecule has 1 saturated heterocycles. The molecule has 0 amide bonds. The van der Waals surface area contributed by atoms with E-state index in [-0.39, 0.29) is 0 Å². The van der Waals surface area contributed by atoms with E-state index < -0.39 is 0 Å². The van der Waals surface area contributed by atoms with Crippen molar-refractivity contribution in [1.29, 1.82) is 0 Å². The summed E-state index contributed by atoms with van der Waals surface area (Å²) >= 11 is 0. The minimum Gasteiger partial charge on any atom is -0.495 e. The Hall–Kier alpha value is -2.00. The molecule has 0 spiro atoms. The van der Waals surface area contributed by atoms with Gasteiger partial charge in [0.1, 0.15) is 5.75 Å². The first kappa shape index (κ1) is 14.9. The lowest BCUT2D eigenvalue weighted by molar-refractivity contribution is 0.410. The summed E-state index contributed by atoms with van der Waals surface area (Å²) in [6, 6.07) is 15.5. The largest absolute Gasteiger partial charge is 0.495 e. The van der Waals surface area contributed by atoms with Crippen LogP contribution < -0.4 is 15.0 Å². The molecule has 0 aliphatic carbocycles. The molecule has 0 radical (unpaired) electrons. The Morgan fingerprint density at radius 1 is 1.18 bits per heavy atom. The zero-order valence-corrected chi connectivity index (χ0v) is 13.6. The minimum atomic E-state index is 0.509. The molecule has 1 fully saturated rings. The van der Waals surface area contributed by atoms with E-state index in [4.69, 9.17) is 4.74 Å². The van der Waals surface area contributed by atoms with Crippen molar-refractivity contribution in [1.82, 2.24) is 5.32 Å². The van der Waals surface area contributed by atoms with Gasteiger partial charge in [-0.3, -0.25) is 0 Å². The Kier molecular flexibility index (Phi) is 4.34. The Bertz CT molecular complexity index is 654. The van der Waals surface area contributed by atoms with Crippen molar-refractivity contribution in [3.63, 3.8) is 0 Å². The smallest absolute Gasteiger partial charge is 0.142 e. The SMILES string of the molecule is COc1cc(-c2ccccc2C)ccc1N1CCNC(C)C1. The number of aryl methyl sites for hydroxylation is 1. The number of benzene rings is 2. The minimum absolute atomic E-state index is 0.509. The van der Waals surface area contributed by atoms with Crippen LogP contribution in [0.5, 0.6) is 5.75 Å². The van der Waals surface area contributed by atoms with Gasteiger partial charge in [0.15, 0.2) is 0 Å². The number of piperazine rings is 1. The third-order valence-electron chi connectivity index (χ3n) is 4.35. The molecule has 1 aliphatic rings.